The molecule has 4 aromatic rings. The number of nitrogens with zero attached hydrogens (tertiary/aromatic N) is 3. The molecule has 0 fully saturated rings. The first-order chi connectivity index (χ1) is 17.1. The Labute approximate surface area is 211 Å². The number of fused-ring (bicyclic) bond motifs is 3. The first kappa shape index (κ1) is 25.0. The minimum atomic E-state index is -0.249. The smallest absolute Gasteiger partial charge is 0.298 e. The first-order valence-corrected chi connectivity index (χ1v) is 12.9. The van der Waals surface area contributed by atoms with E-state index in [9.17, 15) is 4.79 Å². The monoisotopic (exact) mass is 492 g/mol. The van der Waals surface area contributed by atoms with Gasteiger partial charge < -0.3 is 9.72 Å². The Hall–Kier alpha value is -3.12. The van der Waals surface area contributed by atoms with Gasteiger partial charge in [0.15, 0.2) is 0 Å². The quantitative estimate of drug-likeness (QED) is 0.167. The number of halogens is 1. The molecule has 1 N–H and O–H groups in total. The van der Waals surface area contributed by atoms with Crippen LogP contribution in [0.25, 0.3) is 21.9 Å². The lowest BCUT2D eigenvalue weighted by atomic mass is 10.1. The largest absolute Gasteiger partial charge is 0.494 e. The van der Waals surface area contributed by atoms with Crippen LogP contribution in [-0.2, 0) is 0 Å². The summed E-state index contributed by atoms with van der Waals surface area (Å²) in [6, 6.07) is 13.2. The van der Waals surface area contributed by atoms with Gasteiger partial charge in [-0.1, -0.05) is 63.5 Å². The highest BCUT2D eigenvalue weighted by atomic mass is 35.5. The first-order valence-electron chi connectivity index (χ1n) is 12.5. The van der Waals surface area contributed by atoms with Crippen LogP contribution in [0, 0.1) is 6.92 Å². The lowest BCUT2D eigenvalue weighted by Gasteiger charge is -2.07. The minimum Gasteiger partial charge on any atom is -0.494 e. The van der Waals surface area contributed by atoms with Crippen molar-refractivity contribution >= 4 is 39.8 Å². The van der Waals surface area contributed by atoms with Crippen LogP contribution in [0.2, 0.25) is 5.02 Å². The Morgan fingerprint density at radius 2 is 1.74 bits per heavy atom. The molecule has 4 rings (SSSR count). The van der Waals surface area contributed by atoms with Gasteiger partial charge in [-0.05, 0) is 61.4 Å². The van der Waals surface area contributed by atoms with Crippen LogP contribution in [0.1, 0.15) is 69.7 Å². The number of nitrogens with one attached hydrogen (secondary N) is 1. The number of aryl methyl sites for hydroxylation is 1. The fourth-order valence-corrected chi connectivity index (χ4v) is 4.39. The number of benzene rings is 2. The second-order valence-corrected chi connectivity index (χ2v) is 9.39. The van der Waals surface area contributed by atoms with E-state index in [1.54, 1.807) is 19.2 Å². The molecule has 0 aliphatic heterocycles. The molecule has 0 amide bonds. The summed E-state index contributed by atoms with van der Waals surface area (Å²) in [7, 11) is 0. The van der Waals surface area contributed by atoms with Crippen molar-refractivity contribution in [1.82, 2.24) is 14.6 Å². The molecular weight excluding hydrogens is 460 g/mol. The predicted octanol–water partition coefficient (Wildman–Crippen LogP) is 7.24. The third kappa shape index (κ3) is 6.31. The highest BCUT2D eigenvalue weighted by Gasteiger charge is 2.13. The van der Waals surface area contributed by atoms with Crippen LogP contribution in [0.15, 0.2) is 52.4 Å². The van der Waals surface area contributed by atoms with Gasteiger partial charge in [-0.15, -0.1) is 0 Å². The van der Waals surface area contributed by atoms with E-state index in [1.807, 2.05) is 36.4 Å². The van der Waals surface area contributed by atoms with Gasteiger partial charge in [-0.25, -0.2) is 4.98 Å². The summed E-state index contributed by atoms with van der Waals surface area (Å²) in [6.45, 7) is 4.75. The van der Waals surface area contributed by atoms with Crippen molar-refractivity contribution in [2.45, 2.75) is 65.2 Å². The van der Waals surface area contributed by atoms with Crippen molar-refractivity contribution in [2.24, 2.45) is 5.10 Å². The Bertz CT molecular complexity index is 1360. The Kier molecular flexibility index (Phi) is 8.59. The summed E-state index contributed by atoms with van der Waals surface area (Å²) in [6.07, 6.45) is 11.9. The van der Waals surface area contributed by atoms with Crippen molar-refractivity contribution < 1.29 is 4.74 Å². The van der Waals surface area contributed by atoms with Gasteiger partial charge in [-0.2, -0.15) is 9.78 Å². The number of aromatic nitrogens is 3. The molecule has 2 aromatic heterocycles. The maximum Gasteiger partial charge on any atom is 0.298 e. The van der Waals surface area contributed by atoms with Crippen LogP contribution < -0.4 is 10.3 Å². The fraction of sp³-hybridized carbons (Fsp3) is 0.393. The minimum absolute atomic E-state index is 0.249. The Balaban J connectivity index is 1.35. The van der Waals surface area contributed by atoms with Gasteiger partial charge in [0.05, 0.1) is 12.8 Å². The van der Waals surface area contributed by atoms with E-state index in [0.29, 0.717) is 21.9 Å². The molecule has 0 radical (unpaired) electrons. The summed E-state index contributed by atoms with van der Waals surface area (Å²) < 4.78 is 7.18. The number of hydrogen-bond acceptors (Lipinski definition) is 4. The second-order valence-electron chi connectivity index (χ2n) is 8.95. The lowest BCUT2D eigenvalue weighted by molar-refractivity contribution is 0.304. The van der Waals surface area contributed by atoms with Gasteiger partial charge in [0.2, 0.25) is 0 Å². The highest BCUT2D eigenvalue weighted by molar-refractivity contribution is 6.31. The van der Waals surface area contributed by atoms with Crippen LogP contribution >= 0.6 is 11.6 Å². The molecule has 0 saturated carbocycles. The Morgan fingerprint density at radius 1 is 1.03 bits per heavy atom. The topological polar surface area (TPSA) is 72.3 Å². The van der Waals surface area contributed by atoms with Crippen LogP contribution in [0.3, 0.4) is 0 Å². The number of hydrogen-bond donors (Lipinski definition) is 1. The van der Waals surface area contributed by atoms with Crippen LogP contribution in [-0.4, -0.2) is 27.5 Å². The molecule has 2 aromatic carbocycles. The zero-order chi connectivity index (χ0) is 24.6. The molecule has 0 aliphatic carbocycles. The molecule has 0 atom stereocenters. The average molecular weight is 493 g/mol. The van der Waals surface area contributed by atoms with E-state index < -0.39 is 0 Å². The number of unbranched alkanes of at least 4 members (excludes halogenated alkanes) is 7. The highest BCUT2D eigenvalue weighted by Crippen LogP contribution is 2.25. The zero-order valence-electron chi connectivity index (χ0n) is 20.5. The molecule has 0 saturated heterocycles. The van der Waals surface area contributed by atoms with Gasteiger partial charge in [0.1, 0.15) is 22.6 Å². The standard InChI is InChI=1S/C28H33ClN4O2/c1-3-4-5-6-7-8-9-10-17-35-23-14-11-21(12-15-23)19-30-33-20(2)31-26-24-18-22(29)13-16-25(24)32-27(26)28(33)34/h11-16,18-19,32H,3-10,17H2,1-2H3/b30-19+. The Morgan fingerprint density at radius 3 is 2.49 bits per heavy atom. The third-order valence-electron chi connectivity index (χ3n) is 6.19. The molecule has 35 heavy (non-hydrogen) atoms. The van der Waals surface area contributed by atoms with E-state index in [4.69, 9.17) is 16.3 Å². The molecule has 0 spiro atoms. The van der Waals surface area contributed by atoms with E-state index in [2.05, 4.69) is 22.0 Å². The number of aromatic amines is 1. The molecule has 0 aliphatic rings. The lowest BCUT2D eigenvalue weighted by Crippen LogP contribution is -2.20. The van der Waals surface area contributed by atoms with Crippen molar-refractivity contribution in [3.63, 3.8) is 0 Å². The van der Waals surface area contributed by atoms with Crippen LogP contribution in [0.5, 0.6) is 5.75 Å². The predicted molar refractivity (Wildman–Crippen MR) is 145 cm³/mol. The third-order valence-corrected chi connectivity index (χ3v) is 6.42. The van der Waals surface area contributed by atoms with E-state index in [-0.39, 0.29) is 5.56 Å². The maximum absolute atomic E-state index is 13.1. The van der Waals surface area contributed by atoms with Crippen molar-refractivity contribution in [3.05, 3.63) is 69.2 Å². The number of H-pyrrole nitrogens is 1. The molecule has 184 valence electrons. The van der Waals surface area contributed by atoms with E-state index >= 15 is 0 Å². The van der Waals surface area contributed by atoms with Gasteiger partial charge >= 0.3 is 0 Å². The van der Waals surface area contributed by atoms with Crippen molar-refractivity contribution in [3.8, 4) is 5.75 Å². The zero-order valence-corrected chi connectivity index (χ0v) is 21.3. The van der Waals surface area contributed by atoms with E-state index in [0.717, 1.165) is 35.2 Å². The number of ether oxygens (including phenoxy) is 1. The molecule has 6 nitrogen and oxygen atoms in total. The maximum atomic E-state index is 13.1. The van der Waals surface area contributed by atoms with Crippen molar-refractivity contribution in [2.75, 3.05) is 6.61 Å². The van der Waals surface area contributed by atoms with E-state index in [1.165, 1.54) is 49.6 Å². The summed E-state index contributed by atoms with van der Waals surface area (Å²) in [5, 5.41) is 5.82. The fourth-order valence-electron chi connectivity index (χ4n) is 4.22. The number of rotatable bonds is 12. The second kappa shape index (κ2) is 12.0. The summed E-state index contributed by atoms with van der Waals surface area (Å²) in [4.78, 5) is 20.8. The van der Waals surface area contributed by atoms with Crippen molar-refractivity contribution in [1.29, 1.82) is 0 Å². The molecule has 0 unspecified atom stereocenters. The van der Waals surface area contributed by atoms with Gasteiger partial charge in [0, 0.05) is 15.9 Å². The SMILES string of the molecule is CCCCCCCCCCOc1ccc(/C=N/n2c(C)nc3c([nH]c4ccc(Cl)cc43)c2=O)cc1. The molecule has 7 heteroatoms. The molecular formula is C28H33ClN4O2. The average Bonchev–Trinajstić information content (AvgIpc) is 3.21. The van der Waals surface area contributed by atoms with Gasteiger partial charge in [-0.3, -0.25) is 4.79 Å². The molecule has 0 bridgehead atoms. The summed E-state index contributed by atoms with van der Waals surface area (Å²) in [5.74, 6) is 1.35. The summed E-state index contributed by atoms with van der Waals surface area (Å²) >= 11 is 6.13. The van der Waals surface area contributed by atoms with Gasteiger partial charge in [0.25, 0.3) is 5.56 Å². The normalized spacial score (nSPS) is 11.7. The summed E-state index contributed by atoms with van der Waals surface area (Å²) in [5.41, 5.74) is 2.46. The molecule has 2 heterocycles. The van der Waals surface area contributed by atoms with Crippen LogP contribution in [0.4, 0.5) is 0 Å².